The number of halogens is 1. The van der Waals surface area contributed by atoms with Crippen LogP contribution < -0.4 is 4.74 Å². The topological polar surface area (TPSA) is 63.8 Å². The molecule has 5 nitrogen and oxygen atoms in total. The van der Waals surface area contributed by atoms with Gasteiger partial charge in [-0.25, -0.2) is 0 Å². The van der Waals surface area contributed by atoms with Crippen molar-refractivity contribution in [3.05, 3.63) is 56.9 Å². The monoisotopic (exact) mass is 388 g/mol. The Morgan fingerprint density at radius 2 is 2.04 bits per heavy atom. The lowest BCUT2D eigenvalue weighted by atomic mass is 10.1. The highest BCUT2D eigenvalue weighted by Crippen LogP contribution is 2.41. The van der Waals surface area contributed by atoms with E-state index < -0.39 is 0 Å². The molecule has 0 fully saturated rings. The van der Waals surface area contributed by atoms with Crippen molar-refractivity contribution in [2.24, 2.45) is 5.18 Å². The molecule has 0 unspecified atom stereocenters. The van der Waals surface area contributed by atoms with Crippen molar-refractivity contribution in [3.63, 3.8) is 0 Å². The van der Waals surface area contributed by atoms with E-state index in [0.29, 0.717) is 18.5 Å². The third kappa shape index (κ3) is 3.01. The van der Waals surface area contributed by atoms with E-state index in [9.17, 15) is 10.0 Å². The van der Waals surface area contributed by atoms with Gasteiger partial charge in [-0.3, -0.25) is 0 Å². The Bertz CT molecular complexity index is 918. The third-order valence-corrected chi connectivity index (χ3v) is 4.38. The van der Waals surface area contributed by atoms with Gasteiger partial charge in [0, 0.05) is 9.86 Å². The van der Waals surface area contributed by atoms with Crippen LogP contribution in [-0.4, -0.2) is 16.3 Å². The minimum absolute atomic E-state index is 0.0601. The Morgan fingerprint density at radius 1 is 1.25 bits per heavy atom. The van der Waals surface area contributed by atoms with E-state index in [0.717, 1.165) is 26.9 Å². The first kappa shape index (κ1) is 16.5. The van der Waals surface area contributed by atoms with Gasteiger partial charge in [-0.1, -0.05) is 28.1 Å². The van der Waals surface area contributed by atoms with E-state index in [1.54, 1.807) is 10.6 Å². The van der Waals surface area contributed by atoms with Crippen molar-refractivity contribution in [2.45, 2.75) is 20.4 Å². The maximum atomic E-state index is 11.1. The number of rotatable bonds is 5. The Hall–Kier alpha value is -2.34. The number of aromatic hydroxyl groups is 1. The number of aromatic nitrogens is 1. The first-order valence-electron chi connectivity index (χ1n) is 7.55. The van der Waals surface area contributed by atoms with Gasteiger partial charge in [-0.2, -0.15) is 0 Å². The second-order valence-corrected chi connectivity index (χ2v) is 6.61. The Morgan fingerprint density at radius 3 is 2.75 bits per heavy atom. The maximum absolute atomic E-state index is 11.1. The molecule has 1 aromatic heterocycles. The first-order valence-corrected chi connectivity index (χ1v) is 8.34. The second kappa shape index (κ2) is 6.65. The number of hydrogen-bond acceptors (Lipinski definition) is 4. The van der Waals surface area contributed by atoms with Gasteiger partial charge in [0.15, 0.2) is 5.69 Å². The molecule has 3 rings (SSSR count). The fraction of sp³-hybridized carbons (Fsp3) is 0.222. The van der Waals surface area contributed by atoms with Crippen molar-refractivity contribution >= 4 is 32.5 Å². The summed E-state index contributed by atoms with van der Waals surface area (Å²) in [5.41, 5.74) is 2.91. The van der Waals surface area contributed by atoms with Crippen LogP contribution in [0.2, 0.25) is 0 Å². The molecule has 6 heteroatoms. The number of fused-ring (bicyclic) bond motifs is 1. The number of nitrogens with zero attached hydrogens (tertiary/aromatic N) is 2. The van der Waals surface area contributed by atoms with Gasteiger partial charge in [-0.15, -0.1) is 4.91 Å². The summed E-state index contributed by atoms with van der Waals surface area (Å²) in [6, 6.07) is 11.5. The van der Waals surface area contributed by atoms with Gasteiger partial charge in [-0.05, 0) is 54.4 Å². The van der Waals surface area contributed by atoms with E-state index in [-0.39, 0.29) is 11.6 Å². The van der Waals surface area contributed by atoms with Gasteiger partial charge in [0.05, 0.1) is 12.1 Å². The van der Waals surface area contributed by atoms with Gasteiger partial charge < -0.3 is 14.4 Å². The predicted octanol–water partition coefficient (Wildman–Crippen LogP) is 5.20. The molecule has 0 spiro atoms. The normalized spacial score (nSPS) is 11.0. The maximum Gasteiger partial charge on any atom is 0.222 e. The average Bonchev–Trinajstić information content (AvgIpc) is 2.79. The van der Waals surface area contributed by atoms with Crippen LogP contribution in [-0.2, 0) is 6.54 Å². The van der Waals surface area contributed by atoms with E-state index >= 15 is 0 Å². The molecule has 0 radical (unpaired) electrons. The van der Waals surface area contributed by atoms with Gasteiger partial charge in [0.25, 0.3) is 0 Å². The van der Waals surface area contributed by atoms with Crippen molar-refractivity contribution in [2.75, 3.05) is 6.61 Å². The molecule has 0 aliphatic carbocycles. The average molecular weight is 389 g/mol. The SMILES string of the molecule is Cc1cccc(OCCn2c(O)c(N=O)c3cc(Br)cc(C)c32)c1. The molecule has 1 heterocycles. The van der Waals surface area contributed by atoms with Crippen LogP contribution in [0.3, 0.4) is 0 Å². The first-order chi connectivity index (χ1) is 11.5. The lowest BCUT2D eigenvalue weighted by Gasteiger charge is -2.11. The van der Waals surface area contributed by atoms with E-state index in [4.69, 9.17) is 4.74 Å². The molecule has 3 aromatic rings. The zero-order chi connectivity index (χ0) is 17.3. The molecule has 2 aromatic carbocycles. The number of ether oxygens (including phenoxy) is 1. The lowest BCUT2D eigenvalue weighted by molar-refractivity contribution is 0.290. The third-order valence-electron chi connectivity index (χ3n) is 3.92. The van der Waals surface area contributed by atoms with Gasteiger partial charge in [0.1, 0.15) is 12.4 Å². The summed E-state index contributed by atoms with van der Waals surface area (Å²) in [5.74, 6) is 0.646. The second-order valence-electron chi connectivity index (χ2n) is 5.70. The van der Waals surface area contributed by atoms with Crippen LogP contribution >= 0.6 is 15.9 Å². The van der Waals surface area contributed by atoms with Crippen LogP contribution in [0.15, 0.2) is 46.0 Å². The molecule has 124 valence electrons. The van der Waals surface area contributed by atoms with E-state index in [1.165, 1.54) is 0 Å². The quantitative estimate of drug-likeness (QED) is 0.610. The standard InChI is InChI=1S/C18H17BrN2O3/c1-11-4-3-5-14(8-11)24-7-6-21-17-12(2)9-13(19)10-15(17)16(20-23)18(21)22/h3-5,8-10,22H,6-7H2,1-2H3. The van der Waals surface area contributed by atoms with Crippen LogP contribution in [0.25, 0.3) is 10.9 Å². The van der Waals surface area contributed by atoms with Gasteiger partial charge in [0.2, 0.25) is 5.88 Å². The van der Waals surface area contributed by atoms with Crippen molar-refractivity contribution in [3.8, 4) is 11.6 Å². The zero-order valence-electron chi connectivity index (χ0n) is 13.4. The van der Waals surface area contributed by atoms with E-state index in [1.807, 2.05) is 44.2 Å². The number of hydrogen-bond donors (Lipinski definition) is 1. The van der Waals surface area contributed by atoms with Gasteiger partial charge >= 0.3 is 0 Å². The molecule has 24 heavy (non-hydrogen) atoms. The van der Waals surface area contributed by atoms with Crippen LogP contribution in [0.1, 0.15) is 11.1 Å². The molecule has 0 atom stereocenters. The summed E-state index contributed by atoms with van der Waals surface area (Å²) >= 11 is 3.41. The molecule has 0 aliphatic heterocycles. The number of benzene rings is 2. The molecule has 0 amide bonds. The molecule has 1 N–H and O–H groups in total. The lowest BCUT2D eigenvalue weighted by Crippen LogP contribution is -2.08. The number of aryl methyl sites for hydroxylation is 2. The number of nitroso groups, excluding NO2 is 1. The predicted molar refractivity (Wildman–Crippen MR) is 98.2 cm³/mol. The highest BCUT2D eigenvalue weighted by molar-refractivity contribution is 9.10. The summed E-state index contributed by atoms with van der Waals surface area (Å²) in [6.45, 7) is 4.71. The fourth-order valence-corrected chi connectivity index (χ4v) is 3.47. The highest BCUT2D eigenvalue weighted by atomic mass is 79.9. The minimum Gasteiger partial charge on any atom is -0.493 e. The fourth-order valence-electron chi connectivity index (χ4n) is 2.90. The van der Waals surface area contributed by atoms with Crippen molar-refractivity contribution < 1.29 is 9.84 Å². The highest BCUT2D eigenvalue weighted by Gasteiger charge is 2.19. The van der Waals surface area contributed by atoms with Crippen LogP contribution in [0, 0.1) is 18.8 Å². The molecular formula is C18H17BrN2O3. The zero-order valence-corrected chi connectivity index (χ0v) is 15.0. The Labute approximate surface area is 148 Å². The molecule has 0 saturated carbocycles. The Balaban J connectivity index is 1.92. The minimum atomic E-state index is -0.131. The summed E-state index contributed by atoms with van der Waals surface area (Å²) < 4.78 is 8.26. The molecule has 0 saturated heterocycles. The van der Waals surface area contributed by atoms with Crippen molar-refractivity contribution in [1.82, 2.24) is 4.57 Å². The summed E-state index contributed by atoms with van der Waals surface area (Å²) in [6.07, 6.45) is 0. The van der Waals surface area contributed by atoms with Crippen LogP contribution in [0.5, 0.6) is 11.6 Å². The van der Waals surface area contributed by atoms with Crippen LogP contribution in [0.4, 0.5) is 5.69 Å². The smallest absolute Gasteiger partial charge is 0.222 e. The summed E-state index contributed by atoms with van der Waals surface area (Å²) in [5, 5.41) is 14.0. The summed E-state index contributed by atoms with van der Waals surface area (Å²) in [7, 11) is 0. The molecule has 0 aliphatic rings. The molecular weight excluding hydrogens is 372 g/mol. The summed E-state index contributed by atoms with van der Waals surface area (Å²) in [4.78, 5) is 11.1. The largest absolute Gasteiger partial charge is 0.493 e. The molecule has 0 bridgehead atoms. The van der Waals surface area contributed by atoms with E-state index in [2.05, 4.69) is 21.1 Å². The Kier molecular flexibility index (Phi) is 4.57. The van der Waals surface area contributed by atoms with Crippen molar-refractivity contribution in [1.29, 1.82) is 0 Å².